The maximum Gasteiger partial charge on any atom is 0.471 e. The molecule has 2 saturated heterocycles. The molecule has 0 aliphatic carbocycles. The maximum atomic E-state index is 13.8. The molecule has 4 atom stereocenters. The van der Waals surface area contributed by atoms with Crippen molar-refractivity contribution in [1.29, 1.82) is 0 Å². The molecule has 2 fully saturated rings. The Morgan fingerprint density at radius 3 is 1.98 bits per heavy atom. The molecule has 3 aromatic carbocycles. The Morgan fingerprint density at radius 2 is 1.40 bits per heavy atom. The minimum atomic E-state index is -4.87. The molecule has 0 aromatic heterocycles. The van der Waals surface area contributed by atoms with Crippen molar-refractivity contribution < 1.29 is 40.5 Å². The quantitative estimate of drug-likeness (QED) is 0.0586. The van der Waals surface area contributed by atoms with Crippen molar-refractivity contribution >= 4 is 60.8 Å². The number of rotatable bonds is 11. The topological polar surface area (TPSA) is 192 Å². The van der Waals surface area contributed by atoms with Crippen molar-refractivity contribution in [3.8, 4) is 0 Å². The first-order valence-corrected chi connectivity index (χ1v) is 20.0. The highest BCUT2D eigenvalue weighted by Gasteiger charge is 2.33. The summed E-state index contributed by atoms with van der Waals surface area (Å²) in [4.78, 5) is 35.7. The number of nitrogens with zero attached hydrogens (tertiary/aromatic N) is 3. The maximum absolute atomic E-state index is 13.8. The molecular formula is C30H41N4O10PS2. The van der Waals surface area contributed by atoms with Gasteiger partial charge >= 0.3 is 7.82 Å². The monoisotopic (exact) mass is 712 g/mol. The number of nitroso groups, excluding NO2 is 1. The Bertz CT molecular complexity index is 1920. The molecule has 0 saturated carbocycles. The summed E-state index contributed by atoms with van der Waals surface area (Å²) in [5, 5.41) is 4.38. The first-order valence-electron chi connectivity index (χ1n) is 15.4. The predicted molar refractivity (Wildman–Crippen MR) is 178 cm³/mol. The van der Waals surface area contributed by atoms with E-state index in [-0.39, 0.29) is 61.9 Å². The van der Waals surface area contributed by atoms with Crippen LogP contribution in [0.15, 0.2) is 46.5 Å². The summed E-state index contributed by atoms with van der Waals surface area (Å²) >= 11 is 0. The van der Waals surface area contributed by atoms with E-state index in [1.54, 1.807) is 18.2 Å². The van der Waals surface area contributed by atoms with Crippen LogP contribution in [-0.2, 0) is 39.7 Å². The molecule has 4 unspecified atom stereocenters. The largest absolute Gasteiger partial charge is 0.471 e. The number of hydrogen-bond donors (Lipinski definition) is 3. The van der Waals surface area contributed by atoms with Gasteiger partial charge in [0.2, 0.25) is 20.0 Å². The molecule has 0 radical (unpaired) electrons. The van der Waals surface area contributed by atoms with E-state index >= 15 is 0 Å². The van der Waals surface area contributed by atoms with Gasteiger partial charge in [-0.3, -0.25) is 10.0 Å². The standard InChI is InChI=1S/C30H41N4O10PS2/c1-19-9-20(2)14-33(13-19)46(39,40)17-23-5-7-26-27(11-23)29(31-35)25-8-6-24(47(41,42)34-15-21(3)10-22(4)16-34)12-28(25)30(26)32-43-18-44-45(36,37)38/h5-8,11-12,19-22,32H,9-10,13-18H2,1-4H3,(H2,36,37,38). The lowest BCUT2D eigenvalue weighted by atomic mass is 9.94. The first kappa shape index (κ1) is 35.8. The minimum absolute atomic E-state index is 0.0234. The number of phosphoric acid groups is 1. The average Bonchev–Trinajstić information content (AvgIpc) is 2.97. The number of nitrogens with one attached hydrogen (secondary N) is 1. The van der Waals surface area contributed by atoms with Gasteiger partial charge in [-0.25, -0.2) is 30.5 Å². The summed E-state index contributed by atoms with van der Waals surface area (Å²) in [6.45, 7) is 8.74. The van der Waals surface area contributed by atoms with Gasteiger partial charge in [-0.05, 0) is 65.5 Å². The average molecular weight is 713 g/mol. The zero-order valence-electron chi connectivity index (χ0n) is 26.7. The van der Waals surface area contributed by atoms with Crippen LogP contribution in [-0.4, -0.2) is 68.2 Å². The molecule has 2 aliphatic heterocycles. The Kier molecular flexibility index (Phi) is 10.5. The highest BCUT2D eigenvalue weighted by molar-refractivity contribution is 7.89. The minimum Gasteiger partial charge on any atom is -0.303 e. The molecule has 0 bridgehead atoms. The van der Waals surface area contributed by atoms with Gasteiger partial charge in [0, 0.05) is 47.7 Å². The van der Waals surface area contributed by atoms with Crippen LogP contribution < -0.4 is 5.48 Å². The van der Waals surface area contributed by atoms with E-state index in [4.69, 9.17) is 14.6 Å². The molecule has 3 N–H and O–H groups in total. The third kappa shape index (κ3) is 8.03. The van der Waals surface area contributed by atoms with E-state index in [1.807, 2.05) is 27.7 Å². The van der Waals surface area contributed by atoms with Crippen LogP contribution in [0.1, 0.15) is 46.1 Å². The van der Waals surface area contributed by atoms with Crippen LogP contribution in [0.5, 0.6) is 0 Å². The Balaban J connectivity index is 1.60. The van der Waals surface area contributed by atoms with Crippen LogP contribution in [0.25, 0.3) is 21.5 Å². The molecule has 2 heterocycles. The number of benzene rings is 3. The van der Waals surface area contributed by atoms with E-state index in [2.05, 4.69) is 15.2 Å². The lowest BCUT2D eigenvalue weighted by Crippen LogP contribution is -2.43. The molecule has 14 nitrogen and oxygen atoms in total. The third-order valence-electron chi connectivity index (χ3n) is 8.72. The fourth-order valence-electron chi connectivity index (χ4n) is 6.97. The number of sulfonamides is 2. The van der Waals surface area contributed by atoms with Gasteiger partial charge in [0.1, 0.15) is 5.69 Å². The van der Waals surface area contributed by atoms with Crippen molar-refractivity contribution in [2.45, 2.75) is 51.2 Å². The first-order chi connectivity index (χ1) is 22.0. The van der Waals surface area contributed by atoms with Gasteiger partial charge in [0.05, 0.1) is 16.3 Å². The fraction of sp³-hybridized carbons (Fsp3) is 0.533. The Morgan fingerprint density at radius 1 is 0.830 bits per heavy atom. The normalized spacial score (nSPS) is 23.7. The van der Waals surface area contributed by atoms with Crippen molar-refractivity contribution in [2.24, 2.45) is 28.8 Å². The number of hydrogen-bond acceptors (Lipinski definition) is 10. The van der Waals surface area contributed by atoms with Crippen molar-refractivity contribution in [1.82, 2.24) is 8.61 Å². The van der Waals surface area contributed by atoms with Gasteiger partial charge in [-0.1, -0.05) is 45.9 Å². The molecule has 0 amide bonds. The van der Waals surface area contributed by atoms with Crippen molar-refractivity contribution in [3.63, 3.8) is 0 Å². The van der Waals surface area contributed by atoms with E-state index < -0.39 is 34.7 Å². The SMILES string of the molecule is CC1CC(C)CN(S(=O)(=O)Cc2ccc3c(NOCOP(=O)(O)O)c4cc(S(=O)(=O)N5CC(C)CC(C)C5)ccc4c(N=O)c3c2)C1. The van der Waals surface area contributed by atoms with Gasteiger partial charge in [-0.2, -0.15) is 4.31 Å². The highest BCUT2D eigenvalue weighted by Crippen LogP contribution is 2.44. The summed E-state index contributed by atoms with van der Waals surface area (Å²) in [5.74, 6) is 0.478. The van der Waals surface area contributed by atoms with E-state index in [0.717, 1.165) is 12.8 Å². The molecule has 2 aliphatic rings. The second kappa shape index (κ2) is 13.8. The predicted octanol–water partition coefficient (Wildman–Crippen LogP) is 5.28. The van der Waals surface area contributed by atoms with E-state index in [0.29, 0.717) is 37.1 Å². The Hall–Kier alpha value is -2.53. The smallest absolute Gasteiger partial charge is 0.303 e. The fourth-order valence-corrected chi connectivity index (χ4v) is 10.6. The van der Waals surface area contributed by atoms with Gasteiger partial charge in [0.15, 0.2) is 6.79 Å². The Labute approximate surface area is 274 Å². The molecule has 258 valence electrons. The number of phosphoric ester groups is 1. The zero-order chi connectivity index (χ0) is 34.3. The number of fused-ring (bicyclic) bond motifs is 2. The molecular weight excluding hydrogens is 671 g/mol. The van der Waals surface area contributed by atoms with Crippen LogP contribution in [0.3, 0.4) is 0 Å². The summed E-state index contributed by atoms with van der Waals surface area (Å²) < 4.78 is 73.0. The molecule has 0 spiro atoms. The van der Waals surface area contributed by atoms with Crippen LogP contribution >= 0.6 is 7.82 Å². The number of piperidine rings is 2. The second-order valence-electron chi connectivity index (χ2n) is 13.2. The van der Waals surface area contributed by atoms with Crippen LogP contribution in [0.2, 0.25) is 0 Å². The van der Waals surface area contributed by atoms with E-state index in [9.17, 15) is 26.3 Å². The molecule has 3 aromatic rings. The van der Waals surface area contributed by atoms with Crippen molar-refractivity contribution in [3.05, 3.63) is 46.9 Å². The lowest BCUT2D eigenvalue weighted by molar-refractivity contribution is 0.0273. The summed E-state index contributed by atoms with van der Waals surface area (Å²) in [7, 11) is -12.5. The van der Waals surface area contributed by atoms with Gasteiger partial charge in [-0.15, -0.1) is 4.91 Å². The van der Waals surface area contributed by atoms with E-state index in [1.165, 1.54) is 26.8 Å². The summed E-state index contributed by atoms with van der Waals surface area (Å²) in [6, 6.07) is 8.97. The van der Waals surface area contributed by atoms with Crippen LogP contribution in [0.4, 0.5) is 11.4 Å². The van der Waals surface area contributed by atoms with Crippen LogP contribution in [0, 0.1) is 28.6 Å². The van der Waals surface area contributed by atoms with Crippen molar-refractivity contribution in [2.75, 3.05) is 38.5 Å². The molecule has 5 rings (SSSR count). The second-order valence-corrected chi connectivity index (χ2v) is 18.3. The molecule has 17 heteroatoms. The highest BCUT2D eigenvalue weighted by atomic mass is 32.2. The third-order valence-corrected chi connectivity index (χ3v) is 12.8. The van der Waals surface area contributed by atoms with Gasteiger partial charge < -0.3 is 9.79 Å². The zero-order valence-corrected chi connectivity index (χ0v) is 29.2. The summed E-state index contributed by atoms with van der Waals surface area (Å²) in [6.07, 6.45) is 1.85. The van der Waals surface area contributed by atoms with Gasteiger partial charge in [0.25, 0.3) is 0 Å². The lowest BCUT2D eigenvalue weighted by Gasteiger charge is -2.34. The molecule has 47 heavy (non-hydrogen) atoms. The summed E-state index contributed by atoms with van der Waals surface area (Å²) in [5.41, 5.74) is 3.16. The number of anilines is 1.